The van der Waals surface area contributed by atoms with Crippen molar-refractivity contribution in [2.75, 3.05) is 13.2 Å². The Morgan fingerprint density at radius 3 is 2.78 bits per heavy atom. The highest BCUT2D eigenvalue weighted by molar-refractivity contribution is 5.84. The van der Waals surface area contributed by atoms with Crippen molar-refractivity contribution in [1.29, 1.82) is 0 Å². The first kappa shape index (κ1) is 17.7. The van der Waals surface area contributed by atoms with E-state index in [1.807, 2.05) is 67.3 Å². The summed E-state index contributed by atoms with van der Waals surface area (Å²) in [5, 5.41) is 4.40. The molecule has 1 saturated heterocycles. The van der Waals surface area contributed by atoms with Gasteiger partial charge in [0, 0.05) is 29.9 Å². The zero-order valence-corrected chi connectivity index (χ0v) is 15.8. The molecule has 1 amide bonds. The molecule has 0 unspecified atom stereocenters. The van der Waals surface area contributed by atoms with Crippen molar-refractivity contribution >= 4 is 16.8 Å². The van der Waals surface area contributed by atoms with Crippen LogP contribution in [-0.2, 0) is 21.5 Å². The maximum absolute atomic E-state index is 12.9. The largest absolute Gasteiger partial charge is 0.379 e. The van der Waals surface area contributed by atoms with Crippen LogP contribution in [0.5, 0.6) is 0 Å². The molecule has 2 atom stereocenters. The monoisotopic (exact) mass is 363 g/mol. The molecule has 1 aliphatic rings. The highest BCUT2D eigenvalue weighted by Gasteiger charge is 2.35. The molecule has 4 rings (SSSR count). The molecule has 27 heavy (non-hydrogen) atoms. The van der Waals surface area contributed by atoms with Gasteiger partial charge in [-0.3, -0.25) is 9.78 Å². The third-order valence-electron chi connectivity index (χ3n) is 5.54. The first-order valence-corrected chi connectivity index (χ1v) is 9.40. The summed E-state index contributed by atoms with van der Waals surface area (Å²) in [5.41, 5.74) is 1.61. The molecule has 1 N–H and O–H groups in total. The number of rotatable bonds is 5. The Kier molecular flexibility index (Phi) is 4.70. The maximum Gasteiger partial charge on any atom is 0.245 e. The van der Waals surface area contributed by atoms with Gasteiger partial charge in [0.05, 0.1) is 24.8 Å². The van der Waals surface area contributed by atoms with Crippen molar-refractivity contribution in [3.63, 3.8) is 0 Å². The molecular weight excluding hydrogens is 338 g/mol. The molecule has 0 saturated carbocycles. The lowest BCUT2D eigenvalue weighted by Crippen LogP contribution is -2.50. The zero-order chi connectivity index (χ0) is 18.9. The van der Waals surface area contributed by atoms with Gasteiger partial charge < -0.3 is 14.6 Å². The molecule has 5 heteroatoms. The van der Waals surface area contributed by atoms with Crippen LogP contribution in [0.2, 0.25) is 0 Å². The number of nitrogens with zero attached hydrogens (tertiary/aromatic N) is 2. The van der Waals surface area contributed by atoms with Gasteiger partial charge in [0.15, 0.2) is 0 Å². The van der Waals surface area contributed by atoms with E-state index >= 15 is 0 Å². The van der Waals surface area contributed by atoms with Gasteiger partial charge in [-0.2, -0.15) is 0 Å². The van der Waals surface area contributed by atoms with Crippen molar-refractivity contribution in [2.24, 2.45) is 5.92 Å². The number of carbonyl (C=O) groups excluding carboxylic acids is 1. The van der Waals surface area contributed by atoms with Gasteiger partial charge in [0.25, 0.3) is 0 Å². The molecule has 1 fully saturated rings. The first-order valence-electron chi connectivity index (χ1n) is 9.40. The van der Waals surface area contributed by atoms with Gasteiger partial charge in [0.1, 0.15) is 5.54 Å². The van der Waals surface area contributed by atoms with E-state index in [4.69, 9.17) is 4.74 Å². The molecule has 0 aliphatic carbocycles. The Morgan fingerprint density at radius 1 is 1.19 bits per heavy atom. The summed E-state index contributed by atoms with van der Waals surface area (Å²) in [4.78, 5) is 17.4. The van der Waals surface area contributed by atoms with Crippen LogP contribution in [-0.4, -0.2) is 34.7 Å². The summed E-state index contributed by atoms with van der Waals surface area (Å²) in [6.07, 6.45) is 6.56. The van der Waals surface area contributed by atoms with Crippen LogP contribution >= 0.6 is 0 Å². The van der Waals surface area contributed by atoms with Gasteiger partial charge >= 0.3 is 0 Å². The lowest BCUT2D eigenvalue weighted by atomic mass is 9.92. The Morgan fingerprint density at radius 2 is 1.96 bits per heavy atom. The third kappa shape index (κ3) is 3.47. The van der Waals surface area contributed by atoms with E-state index in [1.54, 1.807) is 0 Å². The van der Waals surface area contributed by atoms with Crippen LogP contribution in [0, 0.1) is 5.92 Å². The van der Waals surface area contributed by atoms with Crippen molar-refractivity contribution < 1.29 is 9.53 Å². The highest BCUT2D eigenvalue weighted by Crippen LogP contribution is 2.25. The standard InChI is InChI=1S/C22H25N3O2/c1-22(2,25-11-5-6-12-25)21(26)24-20-15-27-14-17(20)13-16-9-10-23-19-8-4-3-7-18(16)19/h3-12,17,20H,13-15H2,1-2H3,(H,24,26)/t17-,20-/m1/s1. The summed E-state index contributed by atoms with van der Waals surface area (Å²) in [5.74, 6) is 0.263. The highest BCUT2D eigenvalue weighted by atomic mass is 16.5. The molecule has 0 bridgehead atoms. The van der Waals surface area contributed by atoms with E-state index in [1.165, 1.54) is 10.9 Å². The Balaban J connectivity index is 1.50. The minimum Gasteiger partial charge on any atom is -0.379 e. The third-order valence-corrected chi connectivity index (χ3v) is 5.54. The summed E-state index contributed by atoms with van der Waals surface area (Å²) in [6, 6.07) is 14.1. The number of pyridine rings is 1. The van der Waals surface area contributed by atoms with Crippen LogP contribution in [0.25, 0.3) is 10.9 Å². The summed E-state index contributed by atoms with van der Waals surface area (Å²) >= 11 is 0. The number of benzene rings is 1. The number of aromatic nitrogens is 2. The van der Waals surface area contributed by atoms with E-state index in [-0.39, 0.29) is 17.9 Å². The first-order chi connectivity index (χ1) is 13.1. The van der Waals surface area contributed by atoms with Gasteiger partial charge in [0.2, 0.25) is 5.91 Å². The second kappa shape index (κ2) is 7.16. The van der Waals surface area contributed by atoms with Crippen LogP contribution in [0.3, 0.4) is 0 Å². The number of hydrogen-bond acceptors (Lipinski definition) is 3. The van der Waals surface area contributed by atoms with E-state index in [2.05, 4.69) is 22.4 Å². The van der Waals surface area contributed by atoms with Crippen molar-refractivity contribution in [2.45, 2.75) is 31.8 Å². The fraction of sp³-hybridized carbons (Fsp3) is 0.364. The van der Waals surface area contributed by atoms with Gasteiger partial charge in [-0.05, 0) is 50.1 Å². The fourth-order valence-electron chi connectivity index (χ4n) is 3.74. The van der Waals surface area contributed by atoms with Gasteiger partial charge in [-0.1, -0.05) is 18.2 Å². The topological polar surface area (TPSA) is 56.1 Å². The number of nitrogens with one attached hydrogen (secondary N) is 1. The van der Waals surface area contributed by atoms with E-state index in [0.29, 0.717) is 13.2 Å². The number of hydrogen-bond donors (Lipinski definition) is 1. The Bertz CT molecular complexity index is 928. The van der Waals surface area contributed by atoms with Crippen LogP contribution < -0.4 is 5.32 Å². The fourth-order valence-corrected chi connectivity index (χ4v) is 3.74. The molecule has 0 radical (unpaired) electrons. The molecule has 1 aromatic carbocycles. The second-order valence-corrected chi connectivity index (χ2v) is 7.72. The molecule has 140 valence electrons. The maximum atomic E-state index is 12.9. The molecule has 1 aliphatic heterocycles. The van der Waals surface area contributed by atoms with E-state index in [0.717, 1.165) is 11.9 Å². The quantitative estimate of drug-likeness (QED) is 0.758. The second-order valence-electron chi connectivity index (χ2n) is 7.72. The van der Waals surface area contributed by atoms with Crippen molar-refractivity contribution in [3.8, 4) is 0 Å². The number of carbonyl (C=O) groups is 1. The normalized spacial score (nSPS) is 20.1. The number of ether oxygens (including phenoxy) is 1. The smallest absolute Gasteiger partial charge is 0.245 e. The van der Waals surface area contributed by atoms with Crippen molar-refractivity contribution in [3.05, 3.63) is 66.6 Å². The summed E-state index contributed by atoms with van der Waals surface area (Å²) in [6.45, 7) is 5.08. The molecular formula is C22H25N3O2. The SMILES string of the molecule is CC(C)(C(=O)N[C@@H]1COC[C@H]1Cc1ccnc2ccccc12)n1cccc1. The number of fused-ring (bicyclic) bond motifs is 1. The van der Waals surface area contributed by atoms with Gasteiger partial charge in [-0.25, -0.2) is 0 Å². The average molecular weight is 363 g/mol. The molecule has 5 nitrogen and oxygen atoms in total. The zero-order valence-electron chi connectivity index (χ0n) is 15.8. The van der Waals surface area contributed by atoms with Crippen LogP contribution in [0.1, 0.15) is 19.4 Å². The molecule has 0 spiro atoms. The Hall–Kier alpha value is -2.66. The van der Waals surface area contributed by atoms with Crippen molar-refractivity contribution in [1.82, 2.24) is 14.9 Å². The lowest BCUT2D eigenvalue weighted by molar-refractivity contribution is -0.129. The van der Waals surface area contributed by atoms with Gasteiger partial charge in [-0.15, -0.1) is 0 Å². The molecule has 2 aromatic heterocycles. The van der Waals surface area contributed by atoms with E-state index < -0.39 is 5.54 Å². The molecule has 3 heterocycles. The predicted molar refractivity (Wildman–Crippen MR) is 105 cm³/mol. The molecule has 3 aromatic rings. The van der Waals surface area contributed by atoms with Crippen LogP contribution in [0.15, 0.2) is 61.1 Å². The van der Waals surface area contributed by atoms with Crippen LogP contribution in [0.4, 0.5) is 0 Å². The summed E-state index contributed by atoms with van der Waals surface area (Å²) < 4.78 is 7.66. The minimum atomic E-state index is -0.639. The number of para-hydroxylation sites is 1. The Labute approximate surface area is 159 Å². The lowest BCUT2D eigenvalue weighted by Gasteiger charge is -2.29. The predicted octanol–water partition coefficient (Wildman–Crippen LogP) is 3.15. The average Bonchev–Trinajstić information content (AvgIpc) is 3.35. The minimum absolute atomic E-state index is 0.0128. The number of amides is 1. The van der Waals surface area contributed by atoms with E-state index in [9.17, 15) is 4.79 Å². The summed E-state index contributed by atoms with van der Waals surface area (Å²) in [7, 11) is 0.